The molecule has 0 radical (unpaired) electrons. The monoisotopic (exact) mass is 451 g/mol. The number of benzene rings is 2. The zero-order chi connectivity index (χ0) is 22.5. The summed E-state index contributed by atoms with van der Waals surface area (Å²) in [6.45, 7) is 0.872. The second-order valence-corrected chi connectivity index (χ2v) is 8.36. The summed E-state index contributed by atoms with van der Waals surface area (Å²) in [5, 5.41) is 4.63. The fourth-order valence-corrected chi connectivity index (χ4v) is 4.34. The first-order valence-electron chi connectivity index (χ1n) is 10.3. The number of nitrogens with zero attached hydrogens (tertiary/aromatic N) is 2. The Morgan fingerprint density at radius 2 is 1.94 bits per heavy atom. The third-order valence-corrected chi connectivity index (χ3v) is 6.17. The summed E-state index contributed by atoms with van der Waals surface area (Å²) in [7, 11) is 3.19. The molecule has 7 nitrogen and oxygen atoms in total. The fraction of sp³-hybridized carbons (Fsp3) is 0.250. The minimum absolute atomic E-state index is 0.0732. The third kappa shape index (κ3) is 4.70. The number of fused-ring (bicyclic) bond motifs is 1. The largest absolute Gasteiger partial charge is 0.497 e. The van der Waals surface area contributed by atoms with E-state index in [0.29, 0.717) is 12.3 Å². The number of amides is 2. The molecule has 1 aromatic heterocycles. The molecule has 0 saturated heterocycles. The molecule has 1 aliphatic heterocycles. The van der Waals surface area contributed by atoms with Crippen LogP contribution in [0.5, 0.6) is 11.5 Å². The van der Waals surface area contributed by atoms with E-state index in [2.05, 4.69) is 5.32 Å². The lowest BCUT2D eigenvalue weighted by Gasteiger charge is -2.36. The molecule has 32 heavy (non-hydrogen) atoms. The van der Waals surface area contributed by atoms with E-state index in [1.165, 1.54) is 0 Å². The summed E-state index contributed by atoms with van der Waals surface area (Å²) in [6, 6.07) is 18.9. The maximum absolute atomic E-state index is 13.6. The van der Waals surface area contributed by atoms with Crippen LogP contribution in [0.25, 0.3) is 0 Å². The number of hydrogen-bond donors (Lipinski definition) is 1. The molecule has 0 spiro atoms. The maximum Gasteiger partial charge on any atom is 0.262 e. The van der Waals surface area contributed by atoms with Gasteiger partial charge >= 0.3 is 0 Å². The average Bonchev–Trinajstić information content (AvgIpc) is 3.35. The second-order valence-electron chi connectivity index (χ2n) is 7.33. The molecule has 1 aliphatic rings. The van der Waals surface area contributed by atoms with Gasteiger partial charge in [0.15, 0.2) is 6.10 Å². The Balaban J connectivity index is 1.61. The smallest absolute Gasteiger partial charge is 0.262 e. The number of thiophene rings is 1. The normalized spacial score (nSPS) is 14.8. The highest BCUT2D eigenvalue weighted by molar-refractivity contribution is 7.09. The van der Waals surface area contributed by atoms with Crippen LogP contribution < -0.4 is 24.6 Å². The van der Waals surface area contributed by atoms with Gasteiger partial charge < -0.3 is 24.6 Å². The molecule has 0 fully saturated rings. The van der Waals surface area contributed by atoms with Crippen LogP contribution in [0.2, 0.25) is 0 Å². The number of nitrogens with one attached hydrogen (secondary N) is 1. The molecule has 0 unspecified atom stereocenters. The van der Waals surface area contributed by atoms with Crippen LogP contribution >= 0.6 is 11.3 Å². The van der Waals surface area contributed by atoms with Gasteiger partial charge in [0.25, 0.3) is 5.91 Å². The Kier molecular flexibility index (Phi) is 6.61. The molecule has 1 atom stereocenters. The maximum atomic E-state index is 13.6. The molecular weight excluding hydrogens is 426 g/mol. The van der Waals surface area contributed by atoms with Crippen molar-refractivity contribution >= 4 is 34.5 Å². The Labute approximate surface area is 191 Å². The van der Waals surface area contributed by atoms with Gasteiger partial charge in [0, 0.05) is 17.6 Å². The highest BCUT2D eigenvalue weighted by Crippen LogP contribution is 2.33. The lowest BCUT2D eigenvalue weighted by molar-refractivity contribution is -0.127. The quantitative estimate of drug-likeness (QED) is 0.597. The number of rotatable bonds is 7. The number of carbonyl (C=O) groups excluding carboxylic acids is 2. The van der Waals surface area contributed by atoms with Gasteiger partial charge in [-0.3, -0.25) is 9.59 Å². The summed E-state index contributed by atoms with van der Waals surface area (Å²) in [5.74, 6) is 1.03. The minimum Gasteiger partial charge on any atom is -0.497 e. The van der Waals surface area contributed by atoms with E-state index in [0.717, 1.165) is 22.0 Å². The summed E-state index contributed by atoms with van der Waals surface area (Å²) in [4.78, 5) is 30.6. The summed E-state index contributed by atoms with van der Waals surface area (Å²) in [6.07, 6.45) is -0.686. The SMILES string of the molecule is CNC(=O)[C@H]1CN(CC(=O)N(Cc2cccs2)c2ccc(OC)cc2)c2ccccc2O1. The van der Waals surface area contributed by atoms with E-state index in [4.69, 9.17) is 9.47 Å². The Morgan fingerprint density at radius 3 is 2.62 bits per heavy atom. The lowest BCUT2D eigenvalue weighted by Crippen LogP contribution is -2.51. The number of methoxy groups -OCH3 is 1. The van der Waals surface area contributed by atoms with Crippen LogP contribution in [0.15, 0.2) is 66.0 Å². The zero-order valence-electron chi connectivity index (χ0n) is 18.0. The molecule has 0 saturated carbocycles. The van der Waals surface area contributed by atoms with Crippen molar-refractivity contribution < 1.29 is 19.1 Å². The summed E-state index contributed by atoms with van der Waals surface area (Å²) < 4.78 is 11.1. The molecule has 2 aromatic carbocycles. The van der Waals surface area contributed by atoms with Crippen molar-refractivity contribution in [2.75, 3.05) is 37.0 Å². The van der Waals surface area contributed by atoms with E-state index in [-0.39, 0.29) is 24.9 Å². The molecule has 1 N–H and O–H groups in total. The minimum atomic E-state index is -0.686. The van der Waals surface area contributed by atoms with Crippen molar-refractivity contribution in [3.8, 4) is 11.5 Å². The van der Waals surface area contributed by atoms with E-state index >= 15 is 0 Å². The second kappa shape index (κ2) is 9.74. The molecule has 8 heteroatoms. The number of carbonyl (C=O) groups is 2. The number of likely N-dealkylation sites (N-methyl/N-ethyl adjacent to an activating group) is 1. The molecule has 4 rings (SSSR count). The Morgan fingerprint density at radius 1 is 1.16 bits per heavy atom. The van der Waals surface area contributed by atoms with Crippen LogP contribution in [-0.4, -0.2) is 45.2 Å². The lowest BCUT2D eigenvalue weighted by atomic mass is 10.1. The van der Waals surface area contributed by atoms with Crippen molar-refractivity contribution in [1.82, 2.24) is 5.32 Å². The van der Waals surface area contributed by atoms with Crippen LogP contribution in [0, 0.1) is 0 Å². The van der Waals surface area contributed by atoms with Gasteiger partial charge in [0.05, 0.1) is 32.4 Å². The molecule has 2 heterocycles. The van der Waals surface area contributed by atoms with Crippen molar-refractivity contribution in [3.05, 3.63) is 70.9 Å². The van der Waals surface area contributed by atoms with Gasteiger partial charge in [-0.05, 0) is 47.8 Å². The van der Waals surface area contributed by atoms with Gasteiger partial charge in [-0.2, -0.15) is 0 Å². The summed E-state index contributed by atoms with van der Waals surface area (Å²) >= 11 is 1.61. The van der Waals surface area contributed by atoms with Gasteiger partial charge in [0.1, 0.15) is 11.5 Å². The highest BCUT2D eigenvalue weighted by Gasteiger charge is 2.32. The number of para-hydroxylation sites is 2. The first-order chi connectivity index (χ1) is 15.6. The van der Waals surface area contributed by atoms with E-state index in [1.807, 2.05) is 70.9 Å². The van der Waals surface area contributed by atoms with Gasteiger partial charge in [-0.1, -0.05) is 18.2 Å². The average molecular weight is 452 g/mol. The van der Waals surface area contributed by atoms with Crippen molar-refractivity contribution in [1.29, 1.82) is 0 Å². The van der Waals surface area contributed by atoms with Crippen LogP contribution in [0.1, 0.15) is 4.88 Å². The summed E-state index contributed by atoms with van der Waals surface area (Å²) in [5.41, 5.74) is 1.58. The van der Waals surface area contributed by atoms with Crippen LogP contribution in [0.3, 0.4) is 0 Å². The van der Waals surface area contributed by atoms with Crippen molar-refractivity contribution in [2.45, 2.75) is 12.6 Å². The standard InChI is InChI=1S/C24H25N3O4S/c1-25-24(29)22-15-26(20-7-3-4-8-21(20)31-22)16-23(28)27(14-19-6-5-13-32-19)17-9-11-18(30-2)12-10-17/h3-13,22H,14-16H2,1-2H3,(H,25,29)/t22-/m1/s1. The van der Waals surface area contributed by atoms with E-state index in [1.54, 1.807) is 30.4 Å². The number of hydrogen-bond acceptors (Lipinski definition) is 6. The number of anilines is 2. The molecule has 166 valence electrons. The first-order valence-corrected chi connectivity index (χ1v) is 11.2. The topological polar surface area (TPSA) is 71.1 Å². The molecule has 0 aliphatic carbocycles. The predicted molar refractivity (Wildman–Crippen MR) is 126 cm³/mol. The third-order valence-electron chi connectivity index (χ3n) is 5.31. The van der Waals surface area contributed by atoms with Gasteiger partial charge in [-0.25, -0.2) is 0 Å². The van der Waals surface area contributed by atoms with Crippen molar-refractivity contribution in [3.63, 3.8) is 0 Å². The Hall–Kier alpha value is -3.52. The molecule has 2 amide bonds. The Bertz CT molecular complexity index is 1070. The highest BCUT2D eigenvalue weighted by atomic mass is 32.1. The van der Waals surface area contributed by atoms with E-state index < -0.39 is 6.10 Å². The number of ether oxygens (including phenoxy) is 2. The van der Waals surface area contributed by atoms with Gasteiger partial charge in [-0.15, -0.1) is 11.3 Å². The van der Waals surface area contributed by atoms with Crippen LogP contribution in [-0.2, 0) is 16.1 Å². The van der Waals surface area contributed by atoms with E-state index in [9.17, 15) is 9.59 Å². The molecular formula is C24H25N3O4S. The van der Waals surface area contributed by atoms with Gasteiger partial charge in [0.2, 0.25) is 5.91 Å². The predicted octanol–water partition coefficient (Wildman–Crippen LogP) is 3.30. The zero-order valence-corrected chi connectivity index (χ0v) is 18.8. The molecule has 0 bridgehead atoms. The molecule has 3 aromatic rings. The van der Waals surface area contributed by atoms with Crippen molar-refractivity contribution in [2.24, 2.45) is 0 Å². The fourth-order valence-electron chi connectivity index (χ4n) is 3.65. The first kappa shape index (κ1) is 21.7. The van der Waals surface area contributed by atoms with Crippen LogP contribution in [0.4, 0.5) is 11.4 Å².